The van der Waals surface area contributed by atoms with Crippen molar-refractivity contribution >= 4 is 35.4 Å². The summed E-state index contributed by atoms with van der Waals surface area (Å²) >= 11 is 6.11. The maximum Gasteiger partial charge on any atom is 0.340 e. The normalized spacial score (nSPS) is 17.8. The van der Waals surface area contributed by atoms with Gasteiger partial charge >= 0.3 is 12.0 Å². The largest absolute Gasteiger partial charge is 0.481 e. The highest BCUT2D eigenvalue weighted by Crippen LogP contribution is 2.21. The first-order valence-electron chi connectivity index (χ1n) is 7.74. The number of carboxylic acid groups (broad SMARTS) is 1. The zero-order valence-electron chi connectivity index (χ0n) is 13.4. The number of amides is 3. The molecule has 1 aliphatic heterocycles. The van der Waals surface area contributed by atoms with Crippen LogP contribution in [-0.4, -0.2) is 58.5 Å². The fraction of sp³-hybridized carbons (Fsp3) is 0.438. The molecule has 24 heavy (non-hydrogen) atoms. The molecule has 0 radical (unpaired) electrons. The summed E-state index contributed by atoms with van der Waals surface area (Å²) in [6, 6.07) is 7.69. The number of hydrogen-bond acceptors (Lipinski definition) is 3. The van der Waals surface area contributed by atoms with Crippen molar-refractivity contribution < 1.29 is 19.5 Å². The van der Waals surface area contributed by atoms with E-state index in [1.807, 2.05) is 6.07 Å². The smallest absolute Gasteiger partial charge is 0.340 e. The number of carbonyl (C=O) groups is 3. The number of aliphatic carboxylic acids is 1. The Morgan fingerprint density at radius 2 is 1.96 bits per heavy atom. The Hall–Kier alpha value is -2.28. The number of carbonyl (C=O) groups excluding carboxylic acids is 2. The maximum absolute atomic E-state index is 12.5. The van der Waals surface area contributed by atoms with Crippen LogP contribution in [0.4, 0.5) is 10.5 Å². The maximum atomic E-state index is 12.5. The second-order valence-electron chi connectivity index (χ2n) is 5.59. The highest BCUT2D eigenvalue weighted by atomic mass is 35.5. The van der Waals surface area contributed by atoms with Gasteiger partial charge in [-0.2, -0.15) is 0 Å². The lowest BCUT2D eigenvalue weighted by Gasteiger charge is -2.40. The van der Waals surface area contributed by atoms with Gasteiger partial charge in [0.1, 0.15) is 6.04 Å². The fourth-order valence-electron chi connectivity index (χ4n) is 2.62. The Morgan fingerprint density at radius 3 is 2.58 bits per heavy atom. The summed E-state index contributed by atoms with van der Waals surface area (Å²) in [6.45, 7) is 2.75. The minimum Gasteiger partial charge on any atom is -0.481 e. The molecule has 0 saturated carbocycles. The van der Waals surface area contributed by atoms with Gasteiger partial charge in [-0.05, 0) is 25.5 Å². The molecule has 0 spiro atoms. The van der Waals surface area contributed by atoms with Crippen LogP contribution in [0.5, 0.6) is 0 Å². The number of hydrogen-bond donors (Lipinski definition) is 1. The van der Waals surface area contributed by atoms with Crippen LogP contribution in [0, 0.1) is 0 Å². The van der Waals surface area contributed by atoms with E-state index in [0.29, 0.717) is 31.7 Å². The van der Waals surface area contributed by atoms with Crippen molar-refractivity contribution in [3.05, 3.63) is 30.3 Å². The molecule has 1 atom stereocenters. The van der Waals surface area contributed by atoms with Crippen LogP contribution in [0.15, 0.2) is 30.3 Å². The standard InChI is InChI=1S/C16H20ClN3O4/c1-12-15(23)18(9-5-8-14(21)22)10-11-19(12)16(24)20(17)13-6-3-2-4-7-13/h2-4,6-7,12H,5,8-11H2,1H3,(H,21,22). The third-order valence-corrected chi connectivity index (χ3v) is 4.30. The van der Waals surface area contributed by atoms with E-state index in [1.165, 1.54) is 4.90 Å². The number of nitrogens with zero attached hydrogens (tertiary/aromatic N) is 3. The van der Waals surface area contributed by atoms with Crippen molar-refractivity contribution in [1.29, 1.82) is 0 Å². The number of para-hydroxylation sites is 1. The molecular weight excluding hydrogens is 334 g/mol. The Labute approximate surface area is 145 Å². The molecule has 1 aromatic carbocycles. The van der Waals surface area contributed by atoms with Gasteiger partial charge in [0, 0.05) is 37.8 Å². The van der Waals surface area contributed by atoms with Crippen LogP contribution in [-0.2, 0) is 9.59 Å². The van der Waals surface area contributed by atoms with Crippen molar-refractivity contribution in [2.24, 2.45) is 0 Å². The SMILES string of the molecule is CC1C(=O)N(CCCC(=O)O)CCN1C(=O)N(Cl)c1ccccc1. The molecular formula is C16H20ClN3O4. The summed E-state index contributed by atoms with van der Waals surface area (Å²) < 4.78 is 1.00. The van der Waals surface area contributed by atoms with Gasteiger partial charge in [0.15, 0.2) is 0 Å². The number of anilines is 1. The number of carboxylic acids is 1. The van der Waals surface area contributed by atoms with Crippen molar-refractivity contribution in [1.82, 2.24) is 9.80 Å². The predicted octanol–water partition coefficient (Wildman–Crippen LogP) is 2.16. The van der Waals surface area contributed by atoms with E-state index in [9.17, 15) is 14.4 Å². The van der Waals surface area contributed by atoms with Gasteiger partial charge in [-0.1, -0.05) is 18.2 Å². The van der Waals surface area contributed by atoms with E-state index < -0.39 is 18.0 Å². The highest BCUT2D eigenvalue weighted by molar-refractivity contribution is 6.36. The minimum atomic E-state index is -0.884. The molecule has 0 aromatic heterocycles. The van der Waals surface area contributed by atoms with E-state index in [1.54, 1.807) is 36.1 Å². The van der Waals surface area contributed by atoms with Crippen molar-refractivity contribution in [2.75, 3.05) is 24.1 Å². The first kappa shape index (κ1) is 18.1. The van der Waals surface area contributed by atoms with Gasteiger partial charge < -0.3 is 14.9 Å². The van der Waals surface area contributed by atoms with Crippen LogP contribution in [0.25, 0.3) is 0 Å². The lowest BCUT2D eigenvalue weighted by molar-refractivity contribution is -0.141. The van der Waals surface area contributed by atoms with E-state index in [0.717, 1.165) is 4.42 Å². The zero-order chi connectivity index (χ0) is 17.7. The van der Waals surface area contributed by atoms with E-state index in [-0.39, 0.29) is 12.3 Å². The van der Waals surface area contributed by atoms with Crippen LogP contribution < -0.4 is 4.42 Å². The molecule has 1 unspecified atom stereocenters. The van der Waals surface area contributed by atoms with Crippen LogP contribution in [0.2, 0.25) is 0 Å². The predicted molar refractivity (Wildman–Crippen MR) is 89.8 cm³/mol. The number of halogens is 1. The van der Waals surface area contributed by atoms with Crippen molar-refractivity contribution in [2.45, 2.75) is 25.8 Å². The molecule has 1 fully saturated rings. The van der Waals surface area contributed by atoms with Crippen LogP contribution in [0.3, 0.4) is 0 Å². The zero-order valence-corrected chi connectivity index (χ0v) is 14.1. The van der Waals surface area contributed by atoms with Gasteiger partial charge in [-0.3, -0.25) is 9.59 Å². The molecule has 1 aromatic rings. The summed E-state index contributed by atoms with van der Waals surface area (Å²) in [7, 11) is 0. The van der Waals surface area contributed by atoms with E-state index in [2.05, 4.69) is 0 Å². The molecule has 1 heterocycles. The topological polar surface area (TPSA) is 81.2 Å². The lowest BCUT2D eigenvalue weighted by Crippen LogP contribution is -2.59. The first-order valence-corrected chi connectivity index (χ1v) is 8.07. The first-order chi connectivity index (χ1) is 11.4. The molecule has 1 N–H and O–H groups in total. The van der Waals surface area contributed by atoms with Gasteiger partial charge in [0.25, 0.3) is 0 Å². The lowest BCUT2D eigenvalue weighted by atomic mass is 10.1. The van der Waals surface area contributed by atoms with Crippen molar-refractivity contribution in [3.63, 3.8) is 0 Å². The summed E-state index contributed by atoms with van der Waals surface area (Å²) in [5.41, 5.74) is 0.535. The molecule has 1 aliphatic rings. The highest BCUT2D eigenvalue weighted by Gasteiger charge is 2.36. The van der Waals surface area contributed by atoms with Crippen molar-refractivity contribution in [3.8, 4) is 0 Å². The number of benzene rings is 1. The van der Waals surface area contributed by atoms with Crippen LogP contribution >= 0.6 is 11.8 Å². The summed E-state index contributed by atoms with van der Waals surface area (Å²) in [5, 5.41) is 8.67. The van der Waals surface area contributed by atoms with E-state index in [4.69, 9.17) is 16.9 Å². The van der Waals surface area contributed by atoms with Crippen LogP contribution in [0.1, 0.15) is 19.8 Å². The molecule has 3 amide bonds. The Kier molecular flexibility index (Phi) is 6.03. The van der Waals surface area contributed by atoms with Gasteiger partial charge in [0.2, 0.25) is 5.91 Å². The Balaban J connectivity index is 1.97. The average molecular weight is 354 g/mol. The number of urea groups is 1. The third-order valence-electron chi connectivity index (χ3n) is 3.96. The third kappa shape index (κ3) is 4.17. The summed E-state index contributed by atoms with van der Waals surface area (Å²) in [5.74, 6) is -1.08. The fourth-order valence-corrected chi connectivity index (χ4v) is 2.83. The van der Waals surface area contributed by atoms with Gasteiger partial charge in [-0.15, -0.1) is 0 Å². The number of piperazine rings is 1. The molecule has 7 nitrogen and oxygen atoms in total. The Morgan fingerprint density at radius 1 is 1.29 bits per heavy atom. The molecule has 130 valence electrons. The summed E-state index contributed by atoms with van der Waals surface area (Å²) in [4.78, 5) is 38.5. The molecule has 0 bridgehead atoms. The monoisotopic (exact) mass is 353 g/mol. The summed E-state index contributed by atoms with van der Waals surface area (Å²) in [6.07, 6.45) is 0.414. The molecule has 2 rings (SSSR count). The quantitative estimate of drug-likeness (QED) is 0.822. The second-order valence-corrected chi connectivity index (χ2v) is 5.93. The van der Waals surface area contributed by atoms with Gasteiger partial charge in [-0.25, -0.2) is 9.21 Å². The molecule has 0 aliphatic carbocycles. The molecule has 8 heteroatoms. The average Bonchev–Trinajstić information content (AvgIpc) is 2.58. The van der Waals surface area contributed by atoms with E-state index >= 15 is 0 Å². The number of rotatable bonds is 5. The molecule has 1 saturated heterocycles. The second kappa shape index (κ2) is 8.01. The van der Waals surface area contributed by atoms with Gasteiger partial charge in [0.05, 0.1) is 5.69 Å². The minimum absolute atomic E-state index is 0.0181. The Bertz CT molecular complexity index is 611.